The van der Waals surface area contributed by atoms with E-state index in [9.17, 15) is 4.79 Å². The minimum absolute atomic E-state index is 0.135. The van der Waals surface area contributed by atoms with Crippen molar-refractivity contribution in [2.75, 3.05) is 17.7 Å². The number of carbonyl (C=O) groups is 1. The molecule has 0 aliphatic heterocycles. The van der Waals surface area contributed by atoms with Crippen molar-refractivity contribution in [3.63, 3.8) is 0 Å². The first kappa shape index (κ1) is 15.8. The molecule has 0 saturated heterocycles. The molecule has 2 rings (SSSR count). The third-order valence-corrected chi connectivity index (χ3v) is 3.11. The van der Waals surface area contributed by atoms with Gasteiger partial charge in [-0.25, -0.2) is 4.98 Å². The number of amides is 1. The quantitative estimate of drug-likeness (QED) is 0.888. The van der Waals surface area contributed by atoms with E-state index < -0.39 is 0 Å². The zero-order valence-corrected chi connectivity index (χ0v) is 13.2. The molecule has 2 aromatic rings. The predicted molar refractivity (Wildman–Crippen MR) is 86.1 cm³/mol. The van der Waals surface area contributed by atoms with E-state index in [2.05, 4.69) is 20.6 Å². The second-order valence-electron chi connectivity index (χ2n) is 5.01. The molecule has 1 amide bonds. The van der Waals surface area contributed by atoms with Crippen molar-refractivity contribution in [1.82, 2.24) is 9.97 Å². The van der Waals surface area contributed by atoms with Gasteiger partial charge in [0, 0.05) is 19.7 Å². The van der Waals surface area contributed by atoms with Gasteiger partial charge in [-0.2, -0.15) is 0 Å². The van der Waals surface area contributed by atoms with Crippen LogP contribution in [0.1, 0.15) is 23.9 Å². The highest BCUT2D eigenvalue weighted by Crippen LogP contribution is 2.26. The number of methoxy groups -OCH3 is 1. The second kappa shape index (κ2) is 6.89. The molecule has 2 N–H and O–H groups in total. The Bertz CT molecular complexity index is 686. The van der Waals surface area contributed by atoms with E-state index in [1.54, 1.807) is 13.3 Å². The molecule has 0 aliphatic rings. The molecule has 1 heterocycles. The van der Waals surface area contributed by atoms with Gasteiger partial charge < -0.3 is 15.4 Å². The summed E-state index contributed by atoms with van der Waals surface area (Å²) in [6, 6.07) is 5.65. The Morgan fingerprint density at radius 3 is 2.77 bits per heavy atom. The highest BCUT2D eigenvalue weighted by atomic mass is 16.5. The molecule has 22 heavy (non-hydrogen) atoms. The number of rotatable bonds is 5. The summed E-state index contributed by atoms with van der Waals surface area (Å²) in [7, 11) is 1.57. The molecular weight excluding hydrogens is 280 g/mol. The molecule has 1 aromatic heterocycles. The van der Waals surface area contributed by atoms with E-state index in [-0.39, 0.29) is 5.91 Å². The Kier molecular flexibility index (Phi) is 4.93. The maximum atomic E-state index is 11.3. The molecule has 0 atom stereocenters. The van der Waals surface area contributed by atoms with E-state index in [4.69, 9.17) is 4.74 Å². The van der Waals surface area contributed by atoms with Gasteiger partial charge in [0.15, 0.2) is 0 Å². The maximum Gasteiger partial charge on any atom is 0.221 e. The van der Waals surface area contributed by atoms with E-state index in [0.717, 1.165) is 22.8 Å². The summed E-state index contributed by atoms with van der Waals surface area (Å²) in [5, 5.41) is 6.02. The van der Waals surface area contributed by atoms with Gasteiger partial charge in [0.2, 0.25) is 5.91 Å². The lowest BCUT2D eigenvalue weighted by Gasteiger charge is -2.12. The summed E-state index contributed by atoms with van der Waals surface area (Å²) >= 11 is 0. The number of benzene rings is 1. The smallest absolute Gasteiger partial charge is 0.221 e. The minimum atomic E-state index is -0.135. The fraction of sp³-hybridized carbons (Fsp3) is 0.312. The molecule has 0 aliphatic carbocycles. The first-order valence-corrected chi connectivity index (χ1v) is 6.98. The summed E-state index contributed by atoms with van der Waals surface area (Å²) in [5.74, 6) is 1.26. The van der Waals surface area contributed by atoms with E-state index >= 15 is 0 Å². The fourth-order valence-corrected chi connectivity index (χ4v) is 2.04. The average molecular weight is 300 g/mol. The highest BCUT2D eigenvalue weighted by Gasteiger charge is 2.07. The number of aryl methyl sites for hydroxylation is 2. The molecule has 6 nitrogen and oxygen atoms in total. The monoisotopic (exact) mass is 300 g/mol. The number of ether oxygens (including phenoxy) is 1. The topological polar surface area (TPSA) is 76.1 Å². The van der Waals surface area contributed by atoms with Crippen molar-refractivity contribution in [2.45, 2.75) is 27.3 Å². The van der Waals surface area contributed by atoms with Crippen LogP contribution in [0.2, 0.25) is 0 Å². The van der Waals surface area contributed by atoms with Gasteiger partial charge in [-0.05, 0) is 31.5 Å². The first-order chi connectivity index (χ1) is 10.5. The second-order valence-corrected chi connectivity index (χ2v) is 5.01. The van der Waals surface area contributed by atoms with Crippen molar-refractivity contribution >= 4 is 17.4 Å². The number of nitrogens with zero attached hydrogens (tertiary/aromatic N) is 2. The van der Waals surface area contributed by atoms with Crippen LogP contribution in [0, 0.1) is 13.8 Å². The molecule has 0 bridgehead atoms. The third-order valence-electron chi connectivity index (χ3n) is 3.11. The lowest BCUT2D eigenvalue weighted by molar-refractivity contribution is -0.114. The molecule has 1 aromatic carbocycles. The van der Waals surface area contributed by atoms with Crippen LogP contribution in [0.5, 0.6) is 5.75 Å². The first-order valence-electron chi connectivity index (χ1n) is 6.98. The van der Waals surface area contributed by atoms with E-state index in [1.807, 2.05) is 32.0 Å². The van der Waals surface area contributed by atoms with Crippen LogP contribution < -0.4 is 15.4 Å². The summed E-state index contributed by atoms with van der Waals surface area (Å²) in [6.07, 6.45) is 1.74. The highest BCUT2D eigenvalue weighted by molar-refractivity contribution is 5.90. The third kappa shape index (κ3) is 3.94. The van der Waals surface area contributed by atoms with Crippen LogP contribution in [0.15, 0.2) is 24.4 Å². The average Bonchev–Trinajstić information content (AvgIpc) is 2.48. The van der Waals surface area contributed by atoms with Crippen molar-refractivity contribution in [3.8, 4) is 5.75 Å². The van der Waals surface area contributed by atoms with Crippen molar-refractivity contribution in [2.24, 2.45) is 0 Å². The molecule has 0 saturated carbocycles. The molecule has 0 unspecified atom stereocenters. The van der Waals surface area contributed by atoms with E-state index in [1.165, 1.54) is 6.92 Å². The molecular formula is C16H20N4O2. The normalized spacial score (nSPS) is 10.2. The number of carbonyl (C=O) groups excluding carboxylic acids is 1. The van der Waals surface area contributed by atoms with Crippen LogP contribution in [0.3, 0.4) is 0 Å². The van der Waals surface area contributed by atoms with Crippen LogP contribution in [-0.4, -0.2) is 23.0 Å². The van der Waals surface area contributed by atoms with Gasteiger partial charge in [0.25, 0.3) is 0 Å². The SMILES string of the molecule is COc1ccc(CNc2nc(C)cnc2C)cc1NC(C)=O. The molecule has 0 radical (unpaired) electrons. The number of nitrogens with one attached hydrogen (secondary N) is 2. The van der Waals surface area contributed by atoms with E-state index in [0.29, 0.717) is 18.0 Å². The van der Waals surface area contributed by atoms with Crippen LogP contribution >= 0.6 is 0 Å². The summed E-state index contributed by atoms with van der Waals surface area (Å²) in [4.78, 5) is 20.0. The Hall–Kier alpha value is -2.63. The minimum Gasteiger partial charge on any atom is -0.495 e. The van der Waals surface area contributed by atoms with Gasteiger partial charge in [0.05, 0.1) is 24.2 Å². The molecule has 0 spiro atoms. The van der Waals surface area contributed by atoms with Crippen LogP contribution in [0.25, 0.3) is 0 Å². The molecule has 0 fully saturated rings. The van der Waals surface area contributed by atoms with Gasteiger partial charge >= 0.3 is 0 Å². The zero-order chi connectivity index (χ0) is 16.1. The van der Waals surface area contributed by atoms with Crippen LogP contribution in [0.4, 0.5) is 11.5 Å². The largest absolute Gasteiger partial charge is 0.495 e. The lowest BCUT2D eigenvalue weighted by atomic mass is 10.1. The van der Waals surface area contributed by atoms with Gasteiger partial charge in [-0.1, -0.05) is 6.07 Å². The van der Waals surface area contributed by atoms with Crippen LogP contribution in [-0.2, 0) is 11.3 Å². The predicted octanol–water partition coefficient (Wildman–Crippen LogP) is 2.67. The number of aromatic nitrogens is 2. The number of anilines is 2. The van der Waals surface area contributed by atoms with Crippen molar-refractivity contribution in [3.05, 3.63) is 41.3 Å². The Labute approximate surface area is 129 Å². The lowest BCUT2D eigenvalue weighted by Crippen LogP contribution is -2.09. The Morgan fingerprint density at radius 1 is 1.32 bits per heavy atom. The fourth-order valence-electron chi connectivity index (χ4n) is 2.04. The summed E-state index contributed by atoms with van der Waals surface area (Å²) in [5.41, 5.74) is 3.37. The van der Waals surface area contributed by atoms with Gasteiger partial charge in [0.1, 0.15) is 11.6 Å². The Morgan fingerprint density at radius 2 is 2.09 bits per heavy atom. The van der Waals surface area contributed by atoms with Gasteiger partial charge in [-0.3, -0.25) is 9.78 Å². The standard InChI is InChI=1S/C16H20N4O2/c1-10-8-17-11(2)16(19-10)18-9-13-5-6-15(22-4)14(7-13)20-12(3)21/h5-8H,9H2,1-4H3,(H,18,19)(H,20,21). The summed E-state index contributed by atoms with van der Waals surface area (Å²) < 4.78 is 5.24. The number of hydrogen-bond donors (Lipinski definition) is 2. The summed E-state index contributed by atoms with van der Waals surface area (Å²) in [6.45, 7) is 5.86. The van der Waals surface area contributed by atoms with Gasteiger partial charge in [-0.15, -0.1) is 0 Å². The Balaban J connectivity index is 2.16. The molecule has 6 heteroatoms. The molecule has 116 valence electrons. The zero-order valence-electron chi connectivity index (χ0n) is 13.2. The van der Waals surface area contributed by atoms with Crippen molar-refractivity contribution < 1.29 is 9.53 Å². The maximum absolute atomic E-state index is 11.3. The van der Waals surface area contributed by atoms with Crippen molar-refractivity contribution in [1.29, 1.82) is 0 Å². The number of hydrogen-bond acceptors (Lipinski definition) is 5.